The third-order valence-electron chi connectivity index (χ3n) is 6.46. The standard InChI is InChI=1S/C33H35N3O4/c1-8-22(4)28(35-32(39)40-33(5,6)7)31(38)36(10-3)29(27-18-14-13-15-23(27)9-2)30(37)34-26-20-19-24-16-11-12-17-25(24)21-26/h2-3,11-22,28-29H,8H2,1,4-7H3,(H,34,37)(H,35,39). The number of fused-ring (bicyclic) bond motifs is 1. The van der Waals surface area contributed by atoms with Gasteiger partial charge in [0, 0.05) is 22.9 Å². The van der Waals surface area contributed by atoms with Crippen LogP contribution in [0.25, 0.3) is 10.8 Å². The molecule has 3 amide bonds. The van der Waals surface area contributed by atoms with Crippen molar-refractivity contribution in [2.45, 2.75) is 58.7 Å². The van der Waals surface area contributed by atoms with Crippen molar-refractivity contribution in [3.05, 3.63) is 77.9 Å². The van der Waals surface area contributed by atoms with Gasteiger partial charge in [0.25, 0.3) is 11.8 Å². The fourth-order valence-electron chi connectivity index (χ4n) is 4.28. The summed E-state index contributed by atoms with van der Waals surface area (Å²) in [5, 5.41) is 7.51. The van der Waals surface area contributed by atoms with Gasteiger partial charge in [-0.05, 0) is 55.7 Å². The third kappa shape index (κ3) is 7.21. The monoisotopic (exact) mass is 537 g/mol. The van der Waals surface area contributed by atoms with Crippen LogP contribution >= 0.6 is 0 Å². The molecule has 0 saturated carbocycles. The predicted molar refractivity (Wildman–Crippen MR) is 158 cm³/mol. The molecular weight excluding hydrogens is 502 g/mol. The van der Waals surface area contributed by atoms with Gasteiger partial charge in [-0.2, -0.15) is 0 Å². The van der Waals surface area contributed by atoms with Gasteiger partial charge in [0.05, 0.1) is 0 Å². The number of nitrogens with one attached hydrogen (secondary N) is 2. The van der Waals surface area contributed by atoms with Crippen LogP contribution < -0.4 is 10.6 Å². The van der Waals surface area contributed by atoms with Gasteiger partial charge < -0.3 is 15.4 Å². The van der Waals surface area contributed by atoms with Gasteiger partial charge in [0.15, 0.2) is 6.04 Å². The molecule has 3 aromatic rings. The highest BCUT2D eigenvalue weighted by Crippen LogP contribution is 2.28. The van der Waals surface area contributed by atoms with Gasteiger partial charge in [-0.3, -0.25) is 14.5 Å². The smallest absolute Gasteiger partial charge is 0.408 e. The molecule has 3 unspecified atom stereocenters. The Kier molecular flexibility index (Phi) is 9.59. The molecule has 0 spiro atoms. The zero-order valence-corrected chi connectivity index (χ0v) is 23.5. The zero-order chi connectivity index (χ0) is 29.4. The van der Waals surface area contributed by atoms with Crippen molar-refractivity contribution in [1.29, 1.82) is 0 Å². The zero-order valence-electron chi connectivity index (χ0n) is 23.5. The number of amides is 3. The molecule has 0 radical (unpaired) electrons. The molecule has 3 atom stereocenters. The molecule has 0 aliphatic carbocycles. The van der Waals surface area contributed by atoms with E-state index in [1.165, 1.54) is 0 Å². The number of carbonyl (C=O) groups is 3. The molecule has 7 nitrogen and oxygen atoms in total. The maximum Gasteiger partial charge on any atom is 0.408 e. The van der Waals surface area contributed by atoms with E-state index in [0.29, 0.717) is 23.2 Å². The molecule has 0 heterocycles. The van der Waals surface area contributed by atoms with E-state index in [4.69, 9.17) is 17.6 Å². The van der Waals surface area contributed by atoms with E-state index < -0.39 is 35.6 Å². The molecule has 3 aromatic carbocycles. The van der Waals surface area contributed by atoms with Crippen LogP contribution in [0.2, 0.25) is 0 Å². The lowest BCUT2D eigenvalue weighted by atomic mass is 9.94. The predicted octanol–water partition coefficient (Wildman–Crippen LogP) is 5.86. The number of ether oxygens (including phenoxy) is 1. The second-order valence-corrected chi connectivity index (χ2v) is 10.5. The lowest BCUT2D eigenvalue weighted by Gasteiger charge is -2.32. The summed E-state index contributed by atoms with van der Waals surface area (Å²) in [5.41, 5.74) is 0.554. The lowest BCUT2D eigenvalue weighted by molar-refractivity contribution is -0.137. The molecule has 40 heavy (non-hydrogen) atoms. The van der Waals surface area contributed by atoms with Crippen LogP contribution in [0.15, 0.2) is 66.7 Å². The number of hydrogen-bond donors (Lipinski definition) is 2. The molecule has 0 aliphatic heterocycles. The number of alkyl carbamates (subject to hydrolysis) is 1. The van der Waals surface area contributed by atoms with Gasteiger partial charge in [0.1, 0.15) is 11.6 Å². The molecule has 2 N–H and O–H groups in total. The Labute approximate surface area is 236 Å². The van der Waals surface area contributed by atoms with E-state index in [0.717, 1.165) is 15.7 Å². The fraction of sp³-hybridized carbons (Fsp3) is 0.303. The van der Waals surface area contributed by atoms with E-state index in [2.05, 4.69) is 22.6 Å². The van der Waals surface area contributed by atoms with Gasteiger partial charge in [0.2, 0.25) is 0 Å². The molecule has 0 saturated heterocycles. The van der Waals surface area contributed by atoms with Crippen molar-refractivity contribution in [3.8, 4) is 24.8 Å². The van der Waals surface area contributed by atoms with Crippen LogP contribution in [-0.2, 0) is 14.3 Å². The Morgan fingerprint density at radius 3 is 2.25 bits per heavy atom. The summed E-state index contributed by atoms with van der Waals surface area (Å²) in [5.74, 6) is 1.08. The molecule has 7 heteroatoms. The van der Waals surface area contributed by atoms with E-state index >= 15 is 0 Å². The maximum atomic E-state index is 14.0. The Morgan fingerprint density at radius 1 is 0.975 bits per heavy atom. The average molecular weight is 538 g/mol. The Morgan fingerprint density at radius 2 is 1.62 bits per heavy atom. The van der Waals surface area contributed by atoms with Crippen LogP contribution in [0.3, 0.4) is 0 Å². The lowest BCUT2D eigenvalue weighted by Crippen LogP contribution is -2.53. The van der Waals surface area contributed by atoms with Crippen molar-refractivity contribution in [2.75, 3.05) is 5.32 Å². The van der Waals surface area contributed by atoms with Crippen LogP contribution in [0.4, 0.5) is 10.5 Å². The summed E-state index contributed by atoms with van der Waals surface area (Å²) in [6, 6.07) is 20.1. The topological polar surface area (TPSA) is 87.7 Å². The summed E-state index contributed by atoms with van der Waals surface area (Å²) in [6.45, 7) is 8.88. The summed E-state index contributed by atoms with van der Waals surface area (Å²) in [6.07, 6.45) is 11.5. The van der Waals surface area contributed by atoms with E-state index in [9.17, 15) is 14.4 Å². The highest BCUT2D eigenvalue weighted by Gasteiger charge is 2.38. The number of nitrogens with zero attached hydrogens (tertiary/aromatic N) is 1. The van der Waals surface area contributed by atoms with Crippen LogP contribution in [0.5, 0.6) is 0 Å². The first-order valence-corrected chi connectivity index (χ1v) is 13.1. The van der Waals surface area contributed by atoms with Gasteiger partial charge >= 0.3 is 6.09 Å². The average Bonchev–Trinajstić information content (AvgIpc) is 2.92. The van der Waals surface area contributed by atoms with Crippen LogP contribution in [0, 0.1) is 30.7 Å². The van der Waals surface area contributed by atoms with Crippen molar-refractivity contribution < 1.29 is 19.1 Å². The molecule has 3 rings (SSSR count). The molecule has 0 bridgehead atoms. The number of carbonyl (C=O) groups excluding carboxylic acids is 3. The summed E-state index contributed by atoms with van der Waals surface area (Å²) >= 11 is 0. The van der Waals surface area contributed by atoms with Crippen molar-refractivity contribution in [3.63, 3.8) is 0 Å². The maximum absolute atomic E-state index is 14.0. The van der Waals surface area contributed by atoms with E-state index in [-0.39, 0.29) is 5.92 Å². The number of hydrogen-bond acceptors (Lipinski definition) is 4. The minimum atomic E-state index is -1.27. The van der Waals surface area contributed by atoms with Gasteiger partial charge in [-0.1, -0.05) is 81.1 Å². The SMILES string of the molecule is C#Cc1ccccc1C(C(=O)Nc1ccc2ccccc2c1)N(C#C)C(=O)C(NC(=O)OC(C)(C)C)C(C)CC. The van der Waals surface area contributed by atoms with Crippen molar-refractivity contribution in [2.24, 2.45) is 5.92 Å². The number of terminal acetylenes is 2. The minimum Gasteiger partial charge on any atom is -0.444 e. The van der Waals surface area contributed by atoms with E-state index in [1.54, 1.807) is 51.1 Å². The summed E-state index contributed by atoms with van der Waals surface area (Å²) in [7, 11) is 0. The van der Waals surface area contributed by atoms with Gasteiger partial charge in [-0.25, -0.2) is 4.79 Å². The molecular formula is C33H35N3O4. The van der Waals surface area contributed by atoms with Crippen LogP contribution in [0.1, 0.15) is 58.2 Å². The summed E-state index contributed by atoms with van der Waals surface area (Å²) < 4.78 is 5.39. The third-order valence-corrected chi connectivity index (χ3v) is 6.46. The number of benzene rings is 3. The fourth-order valence-corrected chi connectivity index (χ4v) is 4.28. The van der Waals surface area contributed by atoms with Crippen LogP contribution in [-0.4, -0.2) is 34.5 Å². The number of rotatable bonds is 8. The second-order valence-electron chi connectivity index (χ2n) is 10.5. The highest BCUT2D eigenvalue weighted by molar-refractivity contribution is 6.01. The summed E-state index contributed by atoms with van der Waals surface area (Å²) in [4.78, 5) is 41.6. The van der Waals surface area contributed by atoms with Crippen molar-refractivity contribution >= 4 is 34.4 Å². The second kappa shape index (κ2) is 12.9. The van der Waals surface area contributed by atoms with Crippen molar-refractivity contribution in [1.82, 2.24) is 10.2 Å². The molecule has 0 aromatic heterocycles. The molecule has 0 aliphatic rings. The Bertz CT molecular complexity index is 1480. The van der Waals surface area contributed by atoms with Gasteiger partial charge in [-0.15, -0.1) is 6.42 Å². The quantitative estimate of drug-likeness (QED) is 0.278. The Hall–Kier alpha value is -4.75. The first-order valence-electron chi connectivity index (χ1n) is 13.1. The largest absolute Gasteiger partial charge is 0.444 e. The molecule has 0 fully saturated rings. The minimum absolute atomic E-state index is 0.317. The first kappa shape index (κ1) is 29.8. The molecule has 206 valence electrons. The Balaban J connectivity index is 2.04. The highest BCUT2D eigenvalue weighted by atomic mass is 16.6. The normalized spacial score (nSPS) is 13.2. The van der Waals surface area contributed by atoms with E-state index in [1.807, 2.05) is 50.2 Å². The first-order chi connectivity index (χ1) is 19.0. The number of anilines is 1.